The van der Waals surface area contributed by atoms with Crippen LogP contribution >= 0.6 is 0 Å². The average Bonchev–Trinajstić information content (AvgIpc) is 2.97. The molecule has 0 aliphatic heterocycles. The fraction of sp³-hybridized carbons (Fsp3) is 1.00. The Hall–Kier alpha value is -0.130. The third-order valence-corrected chi connectivity index (χ3v) is 11.1. The van der Waals surface area contributed by atoms with Gasteiger partial charge in [0.05, 0.1) is 11.9 Å². The lowest BCUT2D eigenvalue weighted by molar-refractivity contribution is 0.0136. The summed E-state index contributed by atoms with van der Waals surface area (Å²) < 4.78 is 29.8. The molecule has 0 saturated heterocycles. The minimum Gasteiger partial charge on any atom is -0.392 e. The molecule has 0 spiro atoms. The van der Waals surface area contributed by atoms with Crippen molar-refractivity contribution in [3.8, 4) is 0 Å². The molecule has 2 bridgehead atoms. The number of fused-ring (bicyclic) bond motifs is 2. The second kappa shape index (κ2) is 7.28. The van der Waals surface area contributed by atoms with Crippen molar-refractivity contribution in [1.29, 1.82) is 0 Å². The molecule has 5 heteroatoms. The third kappa shape index (κ3) is 3.30. The van der Waals surface area contributed by atoms with Crippen LogP contribution in [0.5, 0.6) is 0 Å². The lowest BCUT2D eigenvalue weighted by Crippen LogP contribution is -2.54. The maximum absolute atomic E-state index is 13.9. The molecule has 27 heavy (non-hydrogen) atoms. The molecule has 0 unspecified atom stereocenters. The SMILES string of the molecule is CC1(C)[C@H]2CC[C@@]1(CS(=O)(=O)N(C1CCCCC1)C1CCCCC1)[C@H](O)C2. The van der Waals surface area contributed by atoms with E-state index in [0.717, 1.165) is 70.6 Å². The van der Waals surface area contributed by atoms with Crippen LogP contribution in [0.2, 0.25) is 0 Å². The Bertz CT molecular complexity index is 616. The monoisotopic (exact) mass is 397 g/mol. The van der Waals surface area contributed by atoms with E-state index in [9.17, 15) is 13.5 Å². The summed E-state index contributed by atoms with van der Waals surface area (Å²) in [5, 5.41) is 10.9. The normalized spacial score (nSPS) is 37.9. The largest absolute Gasteiger partial charge is 0.392 e. The standard InChI is InChI=1S/C22H39NO3S/c1-21(2)17-13-14-22(21,20(24)15-17)16-27(25,26)23(18-9-5-3-6-10-18)19-11-7-4-8-12-19/h17-20,24H,3-16H2,1-2H3/t17-,20+,22+/m0/s1. The van der Waals surface area contributed by atoms with E-state index < -0.39 is 21.5 Å². The van der Waals surface area contributed by atoms with Crippen molar-refractivity contribution in [3.63, 3.8) is 0 Å². The van der Waals surface area contributed by atoms with Gasteiger partial charge in [0.25, 0.3) is 0 Å². The van der Waals surface area contributed by atoms with Crippen LogP contribution in [0.15, 0.2) is 0 Å². The second-order valence-electron chi connectivity index (χ2n) is 10.5. The van der Waals surface area contributed by atoms with E-state index in [4.69, 9.17) is 0 Å². The van der Waals surface area contributed by atoms with Gasteiger partial charge in [0.2, 0.25) is 10.0 Å². The summed E-state index contributed by atoms with van der Waals surface area (Å²) in [6.45, 7) is 4.42. The van der Waals surface area contributed by atoms with Gasteiger partial charge in [0.1, 0.15) is 0 Å². The lowest BCUT2D eigenvalue weighted by Gasteiger charge is -2.45. The lowest BCUT2D eigenvalue weighted by atomic mass is 9.70. The highest BCUT2D eigenvalue weighted by Gasteiger charge is 2.65. The first-order valence-corrected chi connectivity index (χ1v) is 13.1. The van der Waals surface area contributed by atoms with Crippen LogP contribution in [0.25, 0.3) is 0 Å². The molecule has 0 aromatic carbocycles. The highest BCUT2D eigenvalue weighted by Crippen LogP contribution is 2.66. The fourth-order valence-electron chi connectivity index (χ4n) is 7.20. The summed E-state index contributed by atoms with van der Waals surface area (Å²) in [4.78, 5) is 0. The van der Waals surface area contributed by atoms with Crippen molar-refractivity contribution in [3.05, 3.63) is 0 Å². The molecule has 4 rings (SSSR count). The van der Waals surface area contributed by atoms with Gasteiger partial charge in [-0.25, -0.2) is 8.42 Å². The molecular formula is C22H39NO3S. The molecule has 4 aliphatic carbocycles. The van der Waals surface area contributed by atoms with Crippen molar-refractivity contribution >= 4 is 10.0 Å². The number of aliphatic hydroxyl groups is 1. The van der Waals surface area contributed by atoms with E-state index in [0.29, 0.717) is 5.92 Å². The first kappa shape index (κ1) is 20.2. The zero-order valence-electron chi connectivity index (χ0n) is 17.3. The van der Waals surface area contributed by atoms with Crippen molar-refractivity contribution in [2.75, 3.05) is 5.75 Å². The molecule has 4 nitrogen and oxygen atoms in total. The number of sulfonamides is 1. The molecule has 0 heterocycles. The van der Waals surface area contributed by atoms with Crippen LogP contribution in [-0.2, 0) is 10.0 Å². The van der Waals surface area contributed by atoms with Gasteiger partial charge in [-0.2, -0.15) is 4.31 Å². The smallest absolute Gasteiger partial charge is 0.215 e. The van der Waals surface area contributed by atoms with Gasteiger partial charge in [-0.3, -0.25) is 0 Å². The van der Waals surface area contributed by atoms with Crippen LogP contribution in [0.4, 0.5) is 0 Å². The quantitative estimate of drug-likeness (QED) is 0.744. The maximum atomic E-state index is 13.9. The van der Waals surface area contributed by atoms with E-state index in [1.807, 2.05) is 4.31 Å². The van der Waals surface area contributed by atoms with E-state index in [1.165, 1.54) is 12.8 Å². The minimum absolute atomic E-state index is 0.0791. The van der Waals surface area contributed by atoms with Crippen molar-refractivity contribution < 1.29 is 13.5 Å². The van der Waals surface area contributed by atoms with E-state index >= 15 is 0 Å². The number of nitrogens with zero attached hydrogens (tertiary/aromatic N) is 1. The predicted octanol–water partition coefficient (Wildman–Crippen LogP) is 4.47. The van der Waals surface area contributed by atoms with Crippen LogP contribution < -0.4 is 0 Å². The van der Waals surface area contributed by atoms with Gasteiger partial charge in [0, 0.05) is 17.5 Å². The van der Waals surface area contributed by atoms with Gasteiger partial charge in [-0.05, 0) is 56.3 Å². The molecule has 1 N–H and O–H groups in total. The molecule has 3 atom stereocenters. The van der Waals surface area contributed by atoms with Crippen LogP contribution in [0, 0.1) is 16.7 Å². The summed E-state index contributed by atoms with van der Waals surface area (Å²) in [6, 6.07) is 0.393. The highest BCUT2D eigenvalue weighted by molar-refractivity contribution is 7.89. The molecule has 0 aromatic rings. The summed E-state index contributed by atoms with van der Waals surface area (Å²) in [7, 11) is -3.38. The first-order chi connectivity index (χ1) is 12.8. The molecular weight excluding hydrogens is 358 g/mol. The van der Waals surface area contributed by atoms with E-state index in [-0.39, 0.29) is 23.3 Å². The Kier molecular flexibility index (Phi) is 5.44. The number of rotatable bonds is 5. The van der Waals surface area contributed by atoms with Crippen LogP contribution in [0.3, 0.4) is 0 Å². The van der Waals surface area contributed by atoms with Gasteiger partial charge >= 0.3 is 0 Å². The summed E-state index contributed by atoms with van der Waals surface area (Å²) in [5.74, 6) is 0.637. The number of aliphatic hydroxyl groups excluding tert-OH is 1. The molecule has 4 saturated carbocycles. The van der Waals surface area contributed by atoms with Gasteiger partial charge in [-0.15, -0.1) is 0 Å². The first-order valence-electron chi connectivity index (χ1n) is 11.5. The number of hydrogen-bond donors (Lipinski definition) is 1. The fourth-order valence-corrected chi connectivity index (χ4v) is 10.0. The van der Waals surface area contributed by atoms with Gasteiger partial charge in [0.15, 0.2) is 0 Å². The van der Waals surface area contributed by atoms with E-state index in [1.54, 1.807) is 0 Å². The maximum Gasteiger partial charge on any atom is 0.215 e. The summed E-state index contributed by atoms with van der Waals surface area (Å²) in [5.41, 5.74) is -0.525. The zero-order chi connectivity index (χ0) is 19.3. The van der Waals surface area contributed by atoms with Crippen LogP contribution in [0.1, 0.15) is 97.3 Å². The molecule has 0 amide bonds. The Morgan fingerprint density at radius 1 is 0.889 bits per heavy atom. The van der Waals surface area contributed by atoms with Crippen molar-refractivity contribution in [2.45, 2.75) is 116 Å². The van der Waals surface area contributed by atoms with Gasteiger partial charge < -0.3 is 5.11 Å². The van der Waals surface area contributed by atoms with Crippen molar-refractivity contribution in [2.24, 2.45) is 16.7 Å². The Morgan fingerprint density at radius 3 is 1.81 bits per heavy atom. The Labute approximate surface area is 166 Å². The minimum atomic E-state index is -3.38. The zero-order valence-corrected chi connectivity index (χ0v) is 18.1. The van der Waals surface area contributed by atoms with Crippen molar-refractivity contribution in [1.82, 2.24) is 4.31 Å². The topological polar surface area (TPSA) is 57.6 Å². The molecule has 156 valence electrons. The van der Waals surface area contributed by atoms with Crippen LogP contribution in [-0.4, -0.2) is 41.8 Å². The summed E-state index contributed by atoms with van der Waals surface area (Å²) in [6.07, 6.45) is 13.5. The average molecular weight is 398 g/mol. The molecule has 0 aromatic heterocycles. The number of hydrogen-bond acceptors (Lipinski definition) is 3. The Morgan fingerprint density at radius 2 is 1.41 bits per heavy atom. The van der Waals surface area contributed by atoms with E-state index in [2.05, 4.69) is 13.8 Å². The highest BCUT2D eigenvalue weighted by atomic mass is 32.2. The molecule has 0 radical (unpaired) electrons. The molecule has 4 aliphatic rings. The molecule has 4 fully saturated rings. The second-order valence-corrected chi connectivity index (χ2v) is 12.4. The van der Waals surface area contributed by atoms with Gasteiger partial charge in [-0.1, -0.05) is 52.4 Å². The summed E-state index contributed by atoms with van der Waals surface area (Å²) >= 11 is 0. The predicted molar refractivity (Wildman–Crippen MR) is 109 cm³/mol. The Balaban J connectivity index is 1.64. The third-order valence-electron chi connectivity index (χ3n) is 9.02.